The zero-order chi connectivity index (χ0) is 20.6. The van der Waals surface area contributed by atoms with E-state index < -0.39 is 11.9 Å². The summed E-state index contributed by atoms with van der Waals surface area (Å²) in [6, 6.07) is 19.4. The summed E-state index contributed by atoms with van der Waals surface area (Å²) in [6.45, 7) is 1.43. The standard InChI is InChI=1S/C22H26O7/c23-21(17-27-13-11-25-15-19-7-3-1-4-8-19)29-22(24)18-28-14-12-26-16-20-9-5-2-6-10-20/h1-10H,11-18H2. The van der Waals surface area contributed by atoms with Gasteiger partial charge in [-0.2, -0.15) is 0 Å². The van der Waals surface area contributed by atoms with Gasteiger partial charge in [0.05, 0.1) is 39.6 Å². The highest BCUT2D eigenvalue weighted by molar-refractivity contribution is 5.86. The molecule has 0 saturated carbocycles. The molecule has 0 aliphatic carbocycles. The Balaban J connectivity index is 1.40. The van der Waals surface area contributed by atoms with Crippen molar-refractivity contribution in [2.45, 2.75) is 13.2 Å². The maximum atomic E-state index is 11.5. The van der Waals surface area contributed by atoms with E-state index in [9.17, 15) is 9.59 Å². The highest BCUT2D eigenvalue weighted by Crippen LogP contribution is 2.01. The number of carbonyl (C=O) groups excluding carboxylic acids is 2. The van der Waals surface area contributed by atoms with Crippen LogP contribution in [0.5, 0.6) is 0 Å². The molecule has 7 heteroatoms. The molecular weight excluding hydrogens is 376 g/mol. The van der Waals surface area contributed by atoms with Crippen molar-refractivity contribution in [3.8, 4) is 0 Å². The highest BCUT2D eigenvalue weighted by atomic mass is 16.6. The van der Waals surface area contributed by atoms with Crippen LogP contribution in [0.2, 0.25) is 0 Å². The number of ether oxygens (including phenoxy) is 5. The van der Waals surface area contributed by atoms with Crippen LogP contribution in [-0.4, -0.2) is 51.6 Å². The molecule has 0 radical (unpaired) electrons. The molecule has 2 aromatic rings. The quantitative estimate of drug-likeness (QED) is 0.273. The van der Waals surface area contributed by atoms with Crippen molar-refractivity contribution >= 4 is 11.9 Å². The first-order chi connectivity index (χ1) is 14.2. The second-order valence-electron chi connectivity index (χ2n) is 6.03. The van der Waals surface area contributed by atoms with E-state index in [1.807, 2.05) is 60.7 Å². The van der Waals surface area contributed by atoms with Crippen molar-refractivity contribution in [2.75, 3.05) is 39.6 Å². The fourth-order valence-electron chi connectivity index (χ4n) is 2.26. The third kappa shape index (κ3) is 11.1. The lowest BCUT2D eigenvalue weighted by Gasteiger charge is -2.07. The minimum Gasteiger partial charge on any atom is -0.390 e. The average molecular weight is 402 g/mol. The van der Waals surface area contributed by atoms with Gasteiger partial charge in [0, 0.05) is 0 Å². The van der Waals surface area contributed by atoms with Crippen LogP contribution in [0, 0.1) is 0 Å². The molecular formula is C22H26O7. The van der Waals surface area contributed by atoms with E-state index in [4.69, 9.17) is 18.9 Å². The molecule has 0 unspecified atom stereocenters. The Morgan fingerprint density at radius 3 is 1.34 bits per heavy atom. The molecule has 0 aromatic heterocycles. The number of carbonyl (C=O) groups is 2. The third-order valence-corrected chi connectivity index (χ3v) is 3.63. The SMILES string of the molecule is O=C(COCCOCc1ccccc1)OC(=O)COCCOCc1ccccc1. The summed E-state index contributed by atoms with van der Waals surface area (Å²) in [7, 11) is 0. The summed E-state index contributed by atoms with van der Waals surface area (Å²) in [6.07, 6.45) is 0. The summed E-state index contributed by atoms with van der Waals surface area (Å²) in [4.78, 5) is 23.0. The Morgan fingerprint density at radius 1 is 0.552 bits per heavy atom. The molecule has 0 atom stereocenters. The first-order valence-electron chi connectivity index (χ1n) is 9.36. The van der Waals surface area contributed by atoms with Crippen LogP contribution in [-0.2, 0) is 46.5 Å². The molecule has 0 spiro atoms. The smallest absolute Gasteiger partial charge is 0.339 e. The van der Waals surface area contributed by atoms with Crippen molar-refractivity contribution in [2.24, 2.45) is 0 Å². The Morgan fingerprint density at radius 2 is 0.931 bits per heavy atom. The molecule has 7 nitrogen and oxygen atoms in total. The molecule has 0 aliphatic heterocycles. The Kier molecular flexibility index (Phi) is 11.3. The Labute approximate surface area is 170 Å². The van der Waals surface area contributed by atoms with E-state index in [0.29, 0.717) is 26.4 Å². The predicted molar refractivity (Wildman–Crippen MR) is 105 cm³/mol. The lowest BCUT2D eigenvalue weighted by molar-refractivity contribution is -0.166. The maximum absolute atomic E-state index is 11.5. The van der Waals surface area contributed by atoms with Gasteiger partial charge >= 0.3 is 11.9 Å². The number of rotatable bonds is 14. The number of hydrogen-bond donors (Lipinski definition) is 0. The van der Waals surface area contributed by atoms with Crippen LogP contribution in [0.15, 0.2) is 60.7 Å². The zero-order valence-electron chi connectivity index (χ0n) is 16.3. The van der Waals surface area contributed by atoms with Crippen LogP contribution in [0.4, 0.5) is 0 Å². The molecule has 0 heterocycles. The van der Waals surface area contributed by atoms with E-state index in [2.05, 4.69) is 4.74 Å². The van der Waals surface area contributed by atoms with Gasteiger partial charge in [-0.05, 0) is 11.1 Å². The van der Waals surface area contributed by atoms with Crippen molar-refractivity contribution < 1.29 is 33.3 Å². The Bertz CT molecular complexity index is 642. The predicted octanol–water partition coefficient (Wildman–Crippen LogP) is 2.52. The van der Waals surface area contributed by atoms with Gasteiger partial charge < -0.3 is 23.7 Å². The van der Waals surface area contributed by atoms with Gasteiger partial charge in [-0.1, -0.05) is 60.7 Å². The molecule has 0 aliphatic rings. The van der Waals surface area contributed by atoms with Gasteiger partial charge in [-0.15, -0.1) is 0 Å². The molecule has 0 saturated heterocycles. The van der Waals surface area contributed by atoms with Crippen molar-refractivity contribution in [3.05, 3.63) is 71.8 Å². The van der Waals surface area contributed by atoms with E-state index in [0.717, 1.165) is 11.1 Å². The summed E-state index contributed by atoms with van der Waals surface area (Å²) in [5, 5.41) is 0. The van der Waals surface area contributed by atoms with Crippen molar-refractivity contribution in [3.63, 3.8) is 0 Å². The second kappa shape index (κ2) is 14.4. The lowest BCUT2D eigenvalue weighted by Crippen LogP contribution is -2.22. The lowest BCUT2D eigenvalue weighted by atomic mass is 10.2. The highest BCUT2D eigenvalue weighted by Gasteiger charge is 2.10. The largest absolute Gasteiger partial charge is 0.390 e. The van der Waals surface area contributed by atoms with Gasteiger partial charge in [0.1, 0.15) is 13.2 Å². The molecule has 29 heavy (non-hydrogen) atoms. The normalized spacial score (nSPS) is 10.6. The molecule has 0 amide bonds. The van der Waals surface area contributed by atoms with Gasteiger partial charge in [-0.25, -0.2) is 9.59 Å². The monoisotopic (exact) mass is 402 g/mol. The van der Waals surface area contributed by atoms with E-state index in [1.165, 1.54) is 0 Å². The first-order valence-corrected chi connectivity index (χ1v) is 9.36. The minimum absolute atomic E-state index is 0.228. The first kappa shape index (κ1) is 22.7. The van der Waals surface area contributed by atoms with Gasteiger partial charge in [0.2, 0.25) is 0 Å². The molecule has 0 bridgehead atoms. The topological polar surface area (TPSA) is 80.3 Å². The van der Waals surface area contributed by atoms with E-state index >= 15 is 0 Å². The average Bonchev–Trinajstić information content (AvgIpc) is 2.74. The van der Waals surface area contributed by atoms with Crippen LogP contribution >= 0.6 is 0 Å². The fourth-order valence-corrected chi connectivity index (χ4v) is 2.26. The summed E-state index contributed by atoms with van der Waals surface area (Å²) >= 11 is 0. The van der Waals surface area contributed by atoms with Crippen molar-refractivity contribution in [1.29, 1.82) is 0 Å². The molecule has 0 N–H and O–H groups in total. The molecule has 2 aromatic carbocycles. The third-order valence-electron chi connectivity index (χ3n) is 3.63. The number of benzene rings is 2. The summed E-state index contributed by atoms with van der Waals surface area (Å²) in [5.41, 5.74) is 2.12. The molecule has 0 fully saturated rings. The Hall–Kier alpha value is -2.58. The molecule has 2 rings (SSSR count). The van der Waals surface area contributed by atoms with Gasteiger partial charge in [-0.3, -0.25) is 0 Å². The fraction of sp³-hybridized carbons (Fsp3) is 0.364. The van der Waals surface area contributed by atoms with Crippen molar-refractivity contribution in [1.82, 2.24) is 0 Å². The maximum Gasteiger partial charge on any atom is 0.339 e. The van der Waals surface area contributed by atoms with E-state index in [-0.39, 0.29) is 26.4 Å². The van der Waals surface area contributed by atoms with E-state index in [1.54, 1.807) is 0 Å². The van der Waals surface area contributed by atoms with Crippen LogP contribution in [0.3, 0.4) is 0 Å². The molecule has 156 valence electrons. The number of hydrogen-bond acceptors (Lipinski definition) is 7. The minimum atomic E-state index is -0.762. The van der Waals surface area contributed by atoms with Crippen LogP contribution in [0.1, 0.15) is 11.1 Å². The van der Waals surface area contributed by atoms with Crippen LogP contribution in [0.25, 0.3) is 0 Å². The van der Waals surface area contributed by atoms with Crippen LogP contribution < -0.4 is 0 Å². The summed E-state index contributed by atoms with van der Waals surface area (Å²) < 4.78 is 25.7. The number of esters is 2. The van der Waals surface area contributed by atoms with Gasteiger partial charge in [0.15, 0.2) is 0 Å². The summed E-state index contributed by atoms with van der Waals surface area (Å²) in [5.74, 6) is -1.52. The second-order valence-corrected chi connectivity index (χ2v) is 6.03. The van der Waals surface area contributed by atoms with Gasteiger partial charge in [0.25, 0.3) is 0 Å². The zero-order valence-corrected chi connectivity index (χ0v) is 16.3.